The van der Waals surface area contributed by atoms with Crippen LogP contribution in [0.2, 0.25) is 0 Å². The molecule has 0 aliphatic carbocycles. The van der Waals surface area contributed by atoms with E-state index in [1.54, 1.807) is 20.0 Å². The summed E-state index contributed by atoms with van der Waals surface area (Å²) in [4.78, 5) is 27.6. The molecular weight excluding hydrogens is 260 g/mol. The van der Waals surface area contributed by atoms with Crippen molar-refractivity contribution >= 4 is 12.1 Å². The molecule has 0 aromatic rings. The SMILES string of the molecule is CCOC(=O)C1CC(N2CCCC2)=CN1C(=O)OCC. The average molecular weight is 282 g/mol. The Morgan fingerprint density at radius 3 is 2.45 bits per heavy atom. The lowest BCUT2D eigenvalue weighted by molar-refractivity contribution is -0.147. The Labute approximate surface area is 119 Å². The van der Waals surface area contributed by atoms with E-state index in [0.717, 1.165) is 31.6 Å². The van der Waals surface area contributed by atoms with E-state index in [1.165, 1.54) is 4.90 Å². The molecule has 2 aliphatic rings. The van der Waals surface area contributed by atoms with E-state index in [4.69, 9.17) is 9.47 Å². The number of nitrogens with zero attached hydrogens (tertiary/aromatic N) is 2. The number of hydrogen-bond acceptors (Lipinski definition) is 5. The standard InChI is InChI=1S/C14H22N2O4/c1-3-19-13(17)12-9-11(15-7-5-6-8-15)10-16(12)14(18)20-4-2/h10,12H,3-9H2,1-2H3. The first kappa shape index (κ1) is 14.7. The molecule has 6 nitrogen and oxygen atoms in total. The molecule has 1 amide bonds. The third kappa shape index (κ3) is 3.05. The van der Waals surface area contributed by atoms with Crippen molar-refractivity contribution in [2.24, 2.45) is 0 Å². The van der Waals surface area contributed by atoms with Crippen LogP contribution in [0.15, 0.2) is 11.9 Å². The molecule has 2 aliphatic heterocycles. The smallest absolute Gasteiger partial charge is 0.414 e. The van der Waals surface area contributed by atoms with Crippen LogP contribution in [0.25, 0.3) is 0 Å². The van der Waals surface area contributed by atoms with Gasteiger partial charge in [0.1, 0.15) is 6.04 Å². The molecule has 0 spiro atoms. The van der Waals surface area contributed by atoms with Crippen molar-refractivity contribution in [2.45, 2.75) is 39.2 Å². The normalized spacial score (nSPS) is 21.9. The van der Waals surface area contributed by atoms with Crippen molar-refractivity contribution in [2.75, 3.05) is 26.3 Å². The Morgan fingerprint density at radius 1 is 1.20 bits per heavy atom. The van der Waals surface area contributed by atoms with E-state index in [1.807, 2.05) is 0 Å². The van der Waals surface area contributed by atoms with Gasteiger partial charge in [-0.05, 0) is 26.7 Å². The second-order valence-electron chi connectivity index (χ2n) is 4.89. The Bertz CT molecular complexity index is 402. The minimum absolute atomic E-state index is 0.289. The highest BCUT2D eigenvalue weighted by Crippen LogP contribution is 2.28. The molecule has 2 rings (SSSR count). The number of likely N-dealkylation sites (tertiary alicyclic amines) is 1. The Morgan fingerprint density at radius 2 is 1.85 bits per heavy atom. The monoisotopic (exact) mass is 282 g/mol. The summed E-state index contributed by atoms with van der Waals surface area (Å²) in [5.74, 6) is -0.369. The Hall–Kier alpha value is -1.72. The molecule has 0 saturated carbocycles. The summed E-state index contributed by atoms with van der Waals surface area (Å²) < 4.78 is 10.1. The summed E-state index contributed by atoms with van der Waals surface area (Å²) in [5.41, 5.74) is 1.02. The van der Waals surface area contributed by atoms with Crippen LogP contribution in [0, 0.1) is 0 Å². The zero-order valence-corrected chi connectivity index (χ0v) is 12.1. The van der Waals surface area contributed by atoms with Crippen molar-refractivity contribution < 1.29 is 19.1 Å². The van der Waals surface area contributed by atoms with Gasteiger partial charge in [0.15, 0.2) is 0 Å². The van der Waals surface area contributed by atoms with Gasteiger partial charge in [-0.15, -0.1) is 0 Å². The van der Waals surface area contributed by atoms with E-state index in [-0.39, 0.29) is 12.6 Å². The highest BCUT2D eigenvalue weighted by molar-refractivity contribution is 5.83. The van der Waals surface area contributed by atoms with E-state index in [2.05, 4.69) is 4.90 Å². The van der Waals surface area contributed by atoms with E-state index < -0.39 is 12.1 Å². The summed E-state index contributed by atoms with van der Waals surface area (Å²) in [6.45, 7) is 6.08. The van der Waals surface area contributed by atoms with Crippen molar-refractivity contribution in [1.82, 2.24) is 9.80 Å². The van der Waals surface area contributed by atoms with E-state index in [9.17, 15) is 9.59 Å². The fraction of sp³-hybridized carbons (Fsp3) is 0.714. The van der Waals surface area contributed by atoms with Crippen molar-refractivity contribution in [3.8, 4) is 0 Å². The first-order valence-electron chi connectivity index (χ1n) is 7.24. The van der Waals surface area contributed by atoms with Gasteiger partial charge in [0.2, 0.25) is 0 Å². The van der Waals surface area contributed by atoms with Crippen LogP contribution in [0.1, 0.15) is 33.1 Å². The van der Waals surface area contributed by atoms with Gasteiger partial charge in [-0.2, -0.15) is 0 Å². The first-order valence-corrected chi connectivity index (χ1v) is 7.24. The largest absolute Gasteiger partial charge is 0.464 e. The number of rotatable bonds is 4. The molecule has 1 unspecified atom stereocenters. The Balaban J connectivity index is 2.11. The maximum atomic E-state index is 12.0. The van der Waals surface area contributed by atoms with Gasteiger partial charge >= 0.3 is 12.1 Å². The van der Waals surface area contributed by atoms with Crippen LogP contribution in [-0.4, -0.2) is 54.2 Å². The minimum atomic E-state index is -0.593. The number of amides is 1. The summed E-state index contributed by atoms with van der Waals surface area (Å²) in [6, 6.07) is -0.593. The van der Waals surface area contributed by atoms with Gasteiger partial charge in [-0.3, -0.25) is 4.90 Å². The zero-order valence-electron chi connectivity index (χ0n) is 12.1. The second-order valence-corrected chi connectivity index (χ2v) is 4.89. The molecule has 2 heterocycles. The van der Waals surface area contributed by atoms with Crippen LogP contribution >= 0.6 is 0 Å². The minimum Gasteiger partial charge on any atom is -0.464 e. The first-order chi connectivity index (χ1) is 9.67. The van der Waals surface area contributed by atoms with Gasteiger partial charge in [0.05, 0.1) is 13.2 Å². The highest BCUT2D eigenvalue weighted by atomic mass is 16.6. The molecule has 0 N–H and O–H groups in total. The summed E-state index contributed by atoms with van der Waals surface area (Å²) in [7, 11) is 0. The lowest BCUT2D eigenvalue weighted by Crippen LogP contribution is -2.40. The lowest BCUT2D eigenvalue weighted by Gasteiger charge is -2.21. The van der Waals surface area contributed by atoms with Gasteiger partial charge in [0, 0.05) is 31.4 Å². The Kier molecular flexibility index (Phi) is 4.87. The van der Waals surface area contributed by atoms with Crippen molar-refractivity contribution in [3.63, 3.8) is 0 Å². The number of ether oxygens (including phenoxy) is 2. The fourth-order valence-corrected chi connectivity index (χ4v) is 2.63. The molecule has 6 heteroatoms. The van der Waals surface area contributed by atoms with Gasteiger partial charge in [-0.1, -0.05) is 0 Å². The zero-order chi connectivity index (χ0) is 14.5. The topological polar surface area (TPSA) is 59.1 Å². The van der Waals surface area contributed by atoms with Crippen LogP contribution in [0.3, 0.4) is 0 Å². The molecule has 20 heavy (non-hydrogen) atoms. The summed E-state index contributed by atoms with van der Waals surface area (Å²) in [6.07, 6.45) is 4.07. The number of carbonyl (C=O) groups excluding carboxylic acids is 2. The van der Waals surface area contributed by atoms with Crippen LogP contribution in [0.4, 0.5) is 4.79 Å². The molecule has 1 atom stereocenters. The fourth-order valence-electron chi connectivity index (χ4n) is 2.63. The van der Waals surface area contributed by atoms with Crippen molar-refractivity contribution in [3.05, 3.63) is 11.9 Å². The second kappa shape index (κ2) is 6.63. The molecule has 0 bridgehead atoms. The molecule has 0 aromatic heterocycles. The molecule has 1 fully saturated rings. The van der Waals surface area contributed by atoms with Gasteiger partial charge in [0.25, 0.3) is 0 Å². The van der Waals surface area contributed by atoms with Crippen LogP contribution in [0.5, 0.6) is 0 Å². The third-order valence-corrected chi connectivity index (χ3v) is 3.58. The predicted octanol–water partition coefficient (Wildman–Crippen LogP) is 1.72. The van der Waals surface area contributed by atoms with E-state index in [0.29, 0.717) is 13.0 Å². The average Bonchev–Trinajstić information content (AvgIpc) is 3.08. The molecule has 0 aromatic carbocycles. The van der Waals surface area contributed by atoms with Crippen LogP contribution < -0.4 is 0 Å². The molecule has 112 valence electrons. The third-order valence-electron chi connectivity index (χ3n) is 3.58. The highest BCUT2D eigenvalue weighted by Gasteiger charge is 2.38. The summed E-state index contributed by atoms with van der Waals surface area (Å²) in [5, 5.41) is 0. The van der Waals surface area contributed by atoms with E-state index >= 15 is 0 Å². The summed E-state index contributed by atoms with van der Waals surface area (Å²) >= 11 is 0. The number of carbonyl (C=O) groups is 2. The molecular formula is C14H22N2O4. The quantitative estimate of drug-likeness (QED) is 0.735. The van der Waals surface area contributed by atoms with Crippen LogP contribution in [-0.2, 0) is 14.3 Å². The maximum absolute atomic E-state index is 12.0. The molecule has 0 radical (unpaired) electrons. The predicted molar refractivity (Wildman–Crippen MR) is 72.8 cm³/mol. The number of esters is 1. The lowest BCUT2D eigenvalue weighted by atomic mass is 10.2. The van der Waals surface area contributed by atoms with Crippen molar-refractivity contribution in [1.29, 1.82) is 0 Å². The number of hydrogen-bond donors (Lipinski definition) is 0. The molecule has 1 saturated heterocycles. The van der Waals surface area contributed by atoms with Gasteiger partial charge in [-0.25, -0.2) is 9.59 Å². The maximum Gasteiger partial charge on any atom is 0.414 e. The van der Waals surface area contributed by atoms with Gasteiger partial charge < -0.3 is 14.4 Å².